The average molecular weight is 399 g/mol. The molecule has 3 aromatic rings. The number of aliphatic imine (C=N–C) groups is 1. The number of carbonyl (C=O) groups is 1. The topological polar surface area (TPSA) is 60.8 Å². The van der Waals surface area contributed by atoms with Crippen LogP contribution in [-0.2, 0) is 11.3 Å². The van der Waals surface area contributed by atoms with Crippen LogP contribution in [0.2, 0.25) is 0 Å². The molecular formula is C24H25N5O. The second-order valence-corrected chi connectivity index (χ2v) is 8.09. The van der Waals surface area contributed by atoms with Crippen LogP contribution < -0.4 is 5.32 Å². The van der Waals surface area contributed by atoms with Crippen molar-refractivity contribution >= 4 is 34.4 Å². The fraction of sp³-hybridized carbons (Fsp3) is 0.292. The van der Waals surface area contributed by atoms with Crippen LogP contribution in [-0.4, -0.2) is 60.1 Å². The number of nitrogens with zero attached hydrogens (tertiary/aromatic N) is 4. The van der Waals surface area contributed by atoms with E-state index in [0.29, 0.717) is 0 Å². The van der Waals surface area contributed by atoms with Crippen LogP contribution >= 0.6 is 0 Å². The zero-order valence-electron chi connectivity index (χ0n) is 17.1. The number of benzene rings is 2. The Kier molecular flexibility index (Phi) is 5.02. The molecule has 2 aliphatic heterocycles. The fourth-order valence-electron chi connectivity index (χ4n) is 4.22. The molecule has 0 aliphatic carbocycles. The number of hydrogen-bond acceptors (Lipinski definition) is 5. The first-order chi connectivity index (χ1) is 14.7. The largest absolute Gasteiger partial charge is 0.325 e. The van der Waals surface area contributed by atoms with Gasteiger partial charge in [0, 0.05) is 61.8 Å². The maximum Gasteiger partial charge on any atom is 0.237 e. The van der Waals surface area contributed by atoms with Crippen molar-refractivity contribution in [3.8, 4) is 0 Å². The van der Waals surface area contributed by atoms with Gasteiger partial charge in [-0.05, 0) is 42.9 Å². The van der Waals surface area contributed by atoms with E-state index in [-0.39, 0.29) is 5.91 Å². The molecule has 1 aromatic heterocycles. The first-order valence-electron chi connectivity index (χ1n) is 10.4. The monoisotopic (exact) mass is 399 g/mol. The number of carbonyl (C=O) groups excluding carboxylic acids is 1. The van der Waals surface area contributed by atoms with Gasteiger partial charge < -0.3 is 10.2 Å². The number of nitrogens with one attached hydrogen (secondary N) is 1. The van der Waals surface area contributed by atoms with Gasteiger partial charge in [-0.2, -0.15) is 0 Å². The van der Waals surface area contributed by atoms with Gasteiger partial charge >= 0.3 is 0 Å². The summed E-state index contributed by atoms with van der Waals surface area (Å²) in [6.07, 6.45) is 3.52. The van der Waals surface area contributed by atoms with Gasteiger partial charge in [0.25, 0.3) is 0 Å². The van der Waals surface area contributed by atoms with Gasteiger partial charge in [0.2, 0.25) is 5.91 Å². The molecule has 0 bridgehead atoms. The van der Waals surface area contributed by atoms with Crippen molar-refractivity contribution in [2.75, 3.05) is 38.5 Å². The molecule has 3 heterocycles. The highest BCUT2D eigenvalue weighted by Gasteiger charge is 2.31. The lowest BCUT2D eigenvalue weighted by molar-refractivity contribution is -0.115. The third-order valence-corrected chi connectivity index (χ3v) is 5.99. The summed E-state index contributed by atoms with van der Waals surface area (Å²) in [5.74, 6) is -0.449. The number of rotatable bonds is 4. The molecule has 0 radical (unpaired) electrons. The second kappa shape index (κ2) is 7.97. The van der Waals surface area contributed by atoms with Crippen LogP contribution in [0.1, 0.15) is 17.0 Å². The minimum atomic E-state index is -0.405. The molecule has 1 amide bonds. The van der Waals surface area contributed by atoms with Gasteiger partial charge in [-0.25, -0.2) is 0 Å². The van der Waals surface area contributed by atoms with Crippen molar-refractivity contribution in [3.63, 3.8) is 0 Å². The van der Waals surface area contributed by atoms with E-state index in [4.69, 9.17) is 0 Å². The molecule has 1 fully saturated rings. The fourth-order valence-corrected chi connectivity index (χ4v) is 4.22. The first-order valence-corrected chi connectivity index (χ1v) is 10.4. The van der Waals surface area contributed by atoms with Gasteiger partial charge in [0.1, 0.15) is 5.92 Å². The van der Waals surface area contributed by atoms with E-state index in [1.54, 1.807) is 12.4 Å². The van der Waals surface area contributed by atoms with Crippen molar-refractivity contribution in [3.05, 3.63) is 65.9 Å². The van der Waals surface area contributed by atoms with E-state index in [1.807, 2.05) is 36.4 Å². The Morgan fingerprint density at radius 2 is 1.90 bits per heavy atom. The highest BCUT2D eigenvalue weighted by Crippen LogP contribution is 2.37. The Hall–Kier alpha value is -3.09. The normalized spacial score (nSPS) is 20.0. The van der Waals surface area contributed by atoms with Crippen LogP contribution in [0.3, 0.4) is 0 Å². The zero-order chi connectivity index (χ0) is 20.5. The molecule has 2 aliphatic rings. The number of piperazine rings is 1. The maximum absolute atomic E-state index is 12.6. The molecule has 1 saturated heterocycles. The molecule has 1 N–H and O–H groups in total. The summed E-state index contributed by atoms with van der Waals surface area (Å²) in [5.41, 5.74) is 4.84. The Bertz CT molecular complexity index is 1100. The molecule has 1 atom stereocenters. The number of pyridine rings is 1. The van der Waals surface area contributed by atoms with E-state index < -0.39 is 5.92 Å². The van der Waals surface area contributed by atoms with Crippen LogP contribution in [0, 0.1) is 0 Å². The summed E-state index contributed by atoms with van der Waals surface area (Å²) in [6, 6.07) is 16.1. The SMILES string of the molecule is CN1CCN(Cc2ccc(N=CC3C(=O)Nc4ccc5ncccc5c43)cc2)CC1. The highest BCUT2D eigenvalue weighted by atomic mass is 16.2. The number of aromatic nitrogens is 1. The number of fused-ring (bicyclic) bond motifs is 3. The molecule has 0 spiro atoms. The summed E-state index contributed by atoms with van der Waals surface area (Å²) < 4.78 is 0. The molecule has 1 unspecified atom stereocenters. The summed E-state index contributed by atoms with van der Waals surface area (Å²) in [5, 5.41) is 3.96. The van der Waals surface area contributed by atoms with E-state index in [9.17, 15) is 4.79 Å². The van der Waals surface area contributed by atoms with Crippen LogP contribution in [0.4, 0.5) is 11.4 Å². The molecule has 0 saturated carbocycles. The number of anilines is 1. The van der Waals surface area contributed by atoms with Crippen molar-refractivity contribution in [1.29, 1.82) is 0 Å². The number of likely N-dealkylation sites (N-methyl/N-ethyl adjacent to an activating group) is 1. The molecule has 5 rings (SSSR count). The van der Waals surface area contributed by atoms with Gasteiger partial charge in [-0.1, -0.05) is 18.2 Å². The van der Waals surface area contributed by atoms with Crippen molar-refractivity contribution in [1.82, 2.24) is 14.8 Å². The smallest absolute Gasteiger partial charge is 0.237 e. The molecule has 2 aromatic carbocycles. The van der Waals surface area contributed by atoms with Crippen molar-refractivity contribution < 1.29 is 4.79 Å². The van der Waals surface area contributed by atoms with E-state index >= 15 is 0 Å². The van der Waals surface area contributed by atoms with E-state index in [1.165, 1.54) is 5.56 Å². The minimum Gasteiger partial charge on any atom is -0.325 e. The molecule has 30 heavy (non-hydrogen) atoms. The lowest BCUT2D eigenvalue weighted by Crippen LogP contribution is -2.43. The second-order valence-electron chi connectivity index (χ2n) is 8.09. The minimum absolute atomic E-state index is 0.0446. The average Bonchev–Trinajstić information content (AvgIpc) is 3.10. The molecule has 152 valence electrons. The Morgan fingerprint density at radius 1 is 1.10 bits per heavy atom. The Balaban J connectivity index is 1.33. The highest BCUT2D eigenvalue weighted by molar-refractivity contribution is 6.16. The molecule has 6 nitrogen and oxygen atoms in total. The zero-order valence-corrected chi connectivity index (χ0v) is 17.1. The predicted octanol–water partition coefficient (Wildman–Crippen LogP) is 3.42. The van der Waals surface area contributed by atoms with Gasteiger partial charge in [-0.3, -0.25) is 19.7 Å². The maximum atomic E-state index is 12.6. The Morgan fingerprint density at radius 3 is 2.70 bits per heavy atom. The molecular weight excluding hydrogens is 374 g/mol. The Labute approximate surface area is 176 Å². The number of amides is 1. The first kappa shape index (κ1) is 18.9. The van der Waals surface area contributed by atoms with Gasteiger partial charge in [-0.15, -0.1) is 0 Å². The summed E-state index contributed by atoms with van der Waals surface area (Å²) in [6.45, 7) is 5.43. The molecule has 6 heteroatoms. The van der Waals surface area contributed by atoms with Crippen LogP contribution in [0.25, 0.3) is 10.9 Å². The van der Waals surface area contributed by atoms with Crippen molar-refractivity contribution in [2.24, 2.45) is 4.99 Å². The number of hydrogen-bond donors (Lipinski definition) is 1. The summed E-state index contributed by atoms with van der Waals surface area (Å²) >= 11 is 0. The van der Waals surface area contributed by atoms with Crippen molar-refractivity contribution in [2.45, 2.75) is 12.5 Å². The van der Waals surface area contributed by atoms with Crippen LogP contribution in [0.5, 0.6) is 0 Å². The lowest BCUT2D eigenvalue weighted by Gasteiger charge is -2.32. The van der Waals surface area contributed by atoms with E-state index in [2.05, 4.69) is 44.3 Å². The van der Waals surface area contributed by atoms with E-state index in [0.717, 1.165) is 60.6 Å². The lowest BCUT2D eigenvalue weighted by atomic mass is 9.97. The third-order valence-electron chi connectivity index (χ3n) is 5.99. The third kappa shape index (κ3) is 3.72. The predicted molar refractivity (Wildman–Crippen MR) is 120 cm³/mol. The standard InChI is InChI=1S/C24H25N5O/c1-28-11-13-29(14-12-28)16-17-4-6-18(7-5-17)26-15-20-23-19-3-2-10-25-21(19)8-9-22(23)27-24(20)30/h2-10,15,20H,11-14,16H2,1H3,(H,27,30). The summed E-state index contributed by atoms with van der Waals surface area (Å²) in [4.78, 5) is 26.4. The summed E-state index contributed by atoms with van der Waals surface area (Å²) in [7, 11) is 2.17. The van der Waals surface area contributed by atoms with Gasteiger partial charge in [0.05, 0.1) is 11.2 Å². The quantitative estimate of drug-likeness (QED) is 0.683. The van der Waals surface area contributed by atoms with Gasteiger partial charge in [0.15, 0.2) is 0 Å². The van der Waals surface area contributed by atoms with Crippen LogP contribution in [0.15, 0.2) is 59.7 Å².